The maximum atomic E-state index is 13.1. The lowest BCUT2D eigenvalue weighted by Crippen LogP contribution is -2.46. The van der Waals surface area contributed by atoms with Crippen LogP contribution in [0.4, 0.5) is 4.39 Å². The predicted molar refractivity (Wildman–Crippen MR) is 126 cm³/mol. The Morgan fingerprint density at radius 1 is 1.12 bits per heavy atom. The van der Waals surface area contributed by atoms with Crippen LogP contribution in [0.1, 0.15) is 36.9 Å². The normalized spacial score (nSPS) is 16.6. The second-order valence-electron chi connectivity index (χ2n) is 8.46. The van der Waals surface area contributed by atoms with Crippen molar-refractivity contribution < 1.29 is 28.2 Å². The van der Waals surface area contributed by atoms with Crippen LogP contribution in [0.15, 0.2) is 42.5 Å². The fourth-order valence-electron chi connectivity index (χ4n) is 4.03. The first kappa shape index (κ1) is 25.5. The van der Waals surface area contributed by atoms with Gasteiger partial charge >= 0.3 is 0 Å². The number of likely N-dealkylation sites (tertiary alicyclic amines) is 1. The summed E-state index contributed by atoms with van der Waals surface area (Å²) in [4.78, 5) is 27.4. The highest BCUT2D eigenvalue weighted by Crippen LogP contribution is 2.30. The van der Waals surface area contributed by atoms with Gasteiger partial charge in [-0.15, -0.1) is 0 Å². The molecule has 184 valence electrons. The van der Waals surface area contributed by atoms with Crippen molar-refractivity contribution in [3.63, 3.8) is 0 Å². The Morgan fingerprint density at radius 2 is 1.88 bits per heavy atom. The highest BCUT2D eigenvalue weighted by Gasteiger charge is 2.29. The Kier molecular flexibility index (Phi) is 9.27. The van der Waals surface area contributed by atoms with Crippen LogP contribution in [0.25, 0.3) is 0 Å². The Hall–Kier alpha value is -3.13. The van der Waals surface area contributed by atoms with Crippen LogP contribution in [0, 0.1) is 11.7 Å². The molecule has 0 bridgehead atoms. The second-order valence-corrected chi connectivity index (χ2v) is 8.46. The van der Waals surface area contributed by atoms with Gasteiger partial charge in [0.25, 0.3) is 0 Å². The fraction of sp³-hybridized carbons (Fsp3) is 0.462. The molecular weight excluding hydrogens is 439 g/mol. The molecule has 8 heteroatoms. The van der Waals surface area contributed by atoms with Crippen LogP contribution in [-0.2, 0) is 20.7 Å². The third-order valence-corrected chi connectivity index (χ3v) is 6.00. The van der Waals surface area contributed by atoms with Crippen molar-refractivity contribution in [3.05, 3.63) is 59.4 Å². The third-order valence-electron chi connectivity index (χ3n) is 6.00. The molecule has 2 atom stereocenters. The predicted octanol–water partition coefficient (Wildman–Crippen LogP) is 3.52. The molecule has 1 saturated heterocycles. The Morgan fingerprint density at radius 3 is 2.59 bits per heavy atom. The smallest absolute Gasteiger partial charge is 0.227 e. The van der Waals surface area contributed by atoms with Crippen molar-refractivity contribution in [2.45, 2.75) is 32.2 Å². The summed E-state index contributed by atoms with van der Waals surface area (Å²) in [5.41, 5.74) is 1.65. The van der Waals surface area contributed by atoms with Crippen LogP contribution >= 0.6 is 0 Å². The zero-order valence-electron chi connectivity index (χ0n) is 20.0. The van der Waals surface area contributed by atoms with E-state index in [1.165, 1.54) is 12.1 Å². The number of nitrogens with zero attached hydrogens (tertiary/aromatic N) is 1. The van der Waals surface area contributed by atoms with Crippen molar-refractivity contribution >= 4 is 11.8 Å². The number of piperidine rings is 1. The summed E-state index contributed by atoms with van der Waals surface area (Å²) in [5, 5.41) is 3.07. The fourth-order valence-corrected chi connectivity index (χ4v) is 4.03. The van der Waals surface area contributed by atoms with Gasteiger partial charge < -0.3 is 24.4 Å². The van der Waals surface area contributed by atoms with Gasteiger partial charge in [-0.25, -0.2) is 4.39 Å². The van der Waals surface area contributed by atoms with Gasteiger partial charge in [0.2, 0.25) is 11.8 Å². The van der Waals surface area contributed by atoms with E-state index in [1.54, 1.807) is 31.3 Å². The number of nitrogens with one attached hydrogen (secondary N) is 1. The summed E-state index contributed by atoms with van der Waals surface area (Å²) < 4.78 is 29.2. The molecule has 1 fully saturated rings. The number of ether oxygens (including phenoxy) is 3. The molecule has 0 radical (unpaired) electrons. The summed E-state index contributed by atoms with van der Waals surface area (Å²) in [6, 6.07) is 11.3. The number of carbonyl (C=O) groups is 2. The molecule has 1 aliphatic heterocycles. The first-order chi connectivity index (χ1) is 16.4. The molecule has 3 rings (SSSR count). The zero-order chi connectivity index (χ0) is 24.5. The molecule has 2 amide bonds. The number of methoxy groups -OCH3 is 2. The topological polar surface area (TPSA) is 77.1 Å². The van der Waals surface area contributed by atoms with Gasteiger partial charge in [0.05, 0.1) is 32.1 Å². The van der Waals surface area contributed by atoms with Crippen LogP contribution in [0.5, 0.6) is 11.5 Å². The minimum absolute atomic E-state index is 0.0500. The van der Waals surface area contributed by atoms with Crippen molar-refractivity contribution in [3.8, 4) is 11.5 Å². The number of carbonyl (C=O) groups excluding carboxylic acids is 2. The quantitative estimate of drug-likeness (QED) is 0.536. The van der Waals surface area contributed by atoms with Crippen molar-refractivity contribution in [1.82, 2.24) is 10.2 Å². The molecule has 2 unspecified atom stereocenters. The van der Waals surface area contributed by atoms with Crippen molar-refractivity contribution in [2.24, 2.45) is 5.92 Å². The van der Waals surface area contributed by atoms with E-state index in [-0.39, 0.29) is 36.0 Å². The Balaban J connectivity index is 1.56. The first-order valence-corrected chi connectivity index (χ1v) is 11.5. The van der Waals surface area contributed by atoms with E-state index in [4.69, 9.17) is 14.2 Å². The van der Waals surface area contributed by atoms with Gasteiger partial charge in [0.15, 0.2) is 11.5 Å². The van der Waals surface area contributed by atoms with E-state index in [9.17, 15) is 14.0 Å². The van der Waals surface area contributed by atoms with Crippen LogP contribution < -0.4 is 14.8 Å². The average molecular weight is 473 g/mol. The molecule has 34 heavy (non-hydrogen) atoms. The van der Waals surface area contributed by atoms with Crippen LogP contribution in [-0.4, -0.2) is 57.2 Å². The van der Waals surface area contributed by atoms with E-state index in [0.717, 1.165) is 24.0 Å². The maximum Gasteiger partial charge on any atom is 0.227 e. The molecule has 2 aromatic carbocycles. The monoisotopic (exact) mass is 472 g/mol. The molecule has 7 nitrogen and oxygen atoms in total. The van der Waals surface area contributed by atoms with E-state index in [2.05, 4.69) is 5.32 Å². The molecule has 1 N–H and O–H groups in total. The number of benzene rings is 2. The minimum Gasteiger partial charge on any atom is -0.493 e. The standard InChI is InChI=1S/C26H33FN2O5/c1-18(20-8-11-23(24(16-20)33-3)34-14-13-32-2)28-26(31)21-5-4-12-29(17-21)25(30)15-19-6-9-22(27)10-7-19/h6-11,16,18,21H,4-5,12-15,17H2,1-3H3,(H,28,31). The van der Waals surface area contributed by atoms with Gasteiger partial charge in [0, 0.05) is 20.2 Å². The van der Waals surface area contributed by atoms with Crippen LogP contribution in [0.3, 0.4) is 0 Å². The van der Waals surface area contributed by atoms with Crippen LogP contribution in [0.2, 0.25) is 0 Å². The Bertz CT molecular complexity index is 966. The van der Waals surface area contributed by atoms with E-state index >= 15 is 0 Å². The number of hydrogen-bond acceptors (Lipinski definition) is 5. The van der Waals surface area contributed by atoms with Gasteiger partial charge in [-0.05, 0) is 55.2 Å². The number of halogens is 1. The largest absolute Gasteiger partial charge is 0.493 e. The van der Waals surface area contributed by atoms with Gasteiger partial charge in [-0.2, -0.15) is 0 Å². The maximum absolute atomic E-state index is 13.1. The first-order valence-electron chi connectivity index (χ1n) is 11.5. The van der Waals surface area contributed by atoms with E-state index < -0.39 is 0 Å². The zero-order valence-corrected chi connectivity index (χ0v) is 20.0. The highest BCUT2D eigenvalue weighted by atomic mass is 19.1. The minimum atomic E-state index is -0.328. The lowest BCUT2D eigenvalue weighted by Gasteiger charge is -2.33. The van der Waals surface area contributed by atoms with Gasteiger partial charge in [-0.3, -0.25) is 9.59 Å². The summed E-state index contributed by atoms with van der Waals surface area (Å²) in [7, 11) is 3.19. The molecule has 0 aliphatic carbocycles. The third kappa shape index (κ3) is 6.93. The van der Waals surface area contributed by atoms with Crippen molar-refractivity contribution in [1.29, 1.82) is 0 Å². The number of amides is 2. The summed E-state index contributed by atoms with van der Waals surface area (Å²) >= 11 is 0. The summed E-state index contributed by atoms with van der Waals surface area (Å²) in [5.74, 6) is 0.476. The SMILES string of the molecule is COCCOc1ccc(C(C)NC(=O)C2CCCN(C(=O)Cc3ccc(F)cc3)C2)cc1OC. The molecule has 0 spiro atoms. The lowest BCUT2D eigenvalue weighted by atomic mass is 9.95. The summed E-state index contributed by atoms with van der Waals surface area (Å²) in [6.45, 7) is 3.81. The molecule has 0 aromatic heterocycles. The second kappa shape index (κ2) is 12.4. The number of rotatable bonds is 10. The molecule has 0 saturated carbocycles. The van der Waals surface area contributed by atoms with Gasteiger partial charge in [0.1, 0.15) is 12.4 Å². The summed E-state index contributed by atoms with van der Waals surface area (Å²) in [6.07, 6.45) is 1.70. The molecule has 2 aromatic rings. The van der Waals surface area contributed by atoms with Gasteiger partial charge in [-0.1, -0.05) is 18.2 Å². The van der Waals surface area contributed by atoms with E-state index in [0.29, 0.717) is 37.8 Å². The van der Waals surface area contributed by atoms with Crippen molar-refractivity contribution in [2.75, 3.05) is 40.5 Å². The molecular formula is C26H33FN2O5. The van der Waals surface area contributed by atoms with E-state index in [1.807, 2.05) is 25.1 Å². The number of hydrogen-bond donors (Lipinski definition) is 1. The molecule has 1 heterocycles. The highest BCUT2D eigenvalue weighted by molar-refractivity contribution is 5.82. The Labute approximate surface area is 200 Å². The average Bonchev–Trinajstić information content (AvgIpc) is 2.85. The molecule has 1 aliphatic rings. The lowest BCUT2D eigenvalue weighted by molar-refractivity contribution is -0.135.